The van der Waals surface area contributed by atoms with Gasteiger partial charge in [0.1, 0.15) is 0 Å². The molecule has 3 aliphatic rings. The second-order valence-electron chi connectivity index (χ2n) is 11.3. The molecule has 1 N–H and O–H groups in total. The van der Waals surface area contributed by atoms with Crippen LogP contribution in [-0.2, 0) is 12.1 Å². The molecule has 3 fully saturated rings. The Kier molecular flexibility index (Phi) is 4.73. The van der Waals surface area contributed by atoms with Crippen molar-refractivity contribution in [2.45, 2.75) is 65.0 Å². The van der Waals surface area contributed by atoms with Gasteiger partial charge >= 0.3 is 0 Å². The molecule has 172 valence electrons. The number of fused-ring (bicyclic) bond motifs is 2. The Labute approximate surface area is 196 Å². The van der Waals surface area contributed by atoms with Crippen LogP contribution in [0.2, 0.25) is 0 Å². The number of nitrogens with one attached hydrogen (secondary N) is 1. The van der Waals surface area contributed by atoms with Crippen molar-refractivity contribution in [1.29, 1.82) is 0 Å². The standard InChI is InChI=1S/C29H35N3O/c1-4-29-17-19-14-15-21(29)16-24(29)23(19)18-32-25-13-9-8-12-22(25)26(31-32)27(33)30-28(2,3)20-10-6-5-7-11-20/h5-13,19,21,23-24H,4,14-18H2,1-3H3,(H,30,33). The van der Waals surface area contributed by atoms with Gasteiger partial charge in [-0.2, -0.15) is 5.10 Å². The summed E-state index contributed by atoms with van der Waals surface area (Å²) in [6, 6.07) is 18.4. The minimum Gasteiger partial charge on any atom is -0.342 e. The minimum atomic E-state index is -0.472. The van der Waals surface area contributed by atoms with Crippen LogP contribution >= 0.6 is 0 Å². The van der Waals surface area contributed by atoms with Crippen LogP contribution in [-0.4, -0.2) is 15.7 Å². The fourth-order valence-corrected chi connectivity index (χ4v) is 7.82. The molecule has 33 heavy (non-hydrogen) atoms. The third kappa shape index (κ3) is 3.09. The van der Waals surface area contributed by atoms with E-state index in [4.69, 9.17) is 5.10 Å². The van der Waals surface area contributed by atoms with Crippen LogP contribution in [0.25, 0.3) is 10.9 Å². The molecule has 5 unspecified atom stereocenters. The van der Waals surface area contributed by atoms with Crippen molar-refractivity contribution >= 4 is 16.8 Å². The van der Waals surface area contributed by atoms with Crippen molar-refractivity contribution in [3.8, 4) is 0 Å². The van der Waals surface area contributed by atoms with E-state index in [0.717, 1.165) is 40.8 Å². The molecular weight excluding hydrogens is 406 g/mol. The van der Waals surface area contributed by atoms with Crippen LogP contribution < -0.4 is 5.32 Å². The summed E-state index contributed by atoms with van der Waals surface area (Å²) in [4.78, 5) is 13.5. The molecule has 2 bridgehead atoms. The molecule has 3 aromatic rings. The average molecular weight is 442 g/mol. The Hall–Kier alpha value is -2.62. The summed E-state index contributed by atoms with van der Waals surface area (Å²) in [5.74, 6) is 3.23. The van der Waals surface area contributed by atoms with Gasteiger partial charge in [-0.1, -0.05) is 55.5 Å². The number of aromatic nitrogens is 2. The first-order chi connectivity index (χ1) is 15.9. The number of amides is 1. The molecule has 0 radical (unpaired) electrons. The molecule has 5 atom stereocenters. The highest BCUT2D eigenvalue weighted by Gasteiger charge is 2.64. The molecule has 6 rings (SSSR count). The molecule has 1 heterocycles. The highest BCUT2D eigenvalue weighted by atomic mass is 16.2. The van der Waals surface area contributed by atoms with E-state index in [1.165, 1.54) is 32.1 Å². The lowest BCUT2D eigenvalue weighted by atomic mass is 9.50. The Bertz CT molecular complexity index is 1200. The molecular formula is C29H35N3O. The number of para-hydroxylation sites is 1. The van der Waals surface area contributed by atoms with E-state index < -0.39 is 5.54 Å². The Morgan fingerprint density at radius 2 is 1.88 bits per heavy atom. The van der Waals surface area contributed by atoms with Crippen LogP contribution in [0.1, 0.15) is 68.9 Å². The first kappa shape index (κ1) is 20.9. The largest absolute Gasteiger partial charge is 0.342 e. The summed E-state index contributed by atoms with van der Waals surface area (Å²) < 4.78 is 2.15. The number of carbonyl (C=O) groups is 1. The maximum absolute atomic E-state index is 13.5. The zero-order valence-corrected chi connectivity index (χ0v) is 20.1. The minimum absolute atomic E-state index is 0.0993. The van der Waals surface area contributed by atoms with E-state index in [-0.39, 0.29) is 5.91 Å². The molecule has 2 aromatic carbocycles. The van der Waals surface area contributed by atoms with E-state index in [2.05, 4.69) is 55.0 Å². The SMILES string of the molecule is CCC12CC3CCC1CC2C3Cn1nc(C(=O)NC(C)(C)c2ccccc2)c2ccccc21. The highest BCUT2D eigenvalue weighted by Crippen LogP contribution is 2.72. The van der Waals surface area contributed by atoms with Gasteiger partial charge in [0.15, 0.2) is 5.69 Å². The van der Waals surface area contributed by atoms with Crippen molar-refractivity contribution in [2.75, 3.05) is 0 Å². The number of carbonyl (C=O) groups excluding carboxylic acids is 1. The van der Waals surface area contributed by atoms with Crippen molar-refractivity contribution in [3.05, 3.63) is 65.9 Å². The lowest BCUT2D eigenvalue weighted by Gasteiger charge is -2.55. The monoisotopic (exact) mass is 441 g/mol. The van der Waals surface area contributed by atoms with Crippen molar-refractivity contribution in [1.82, 2.24) is 15.1 Å². The lowest BCUT2D eigenvalue weighted by molar-refractivity contribution is -0.0577. The summed E-state index contributed by atoms with van der Waals surface area (Å²) in [5, 5.41) is 9.15. The van der Waals surface area contributed by atoms with Gasteiger partial charge in [0, 0.05) is 11.9 Å². The first-order valence-corrected chi connectivity index (χ1v) is 12.8. The maximum Gasteiger partial charge on any atom is 0.273 e. The third-order valence-corrected chi connectivity index (χ3v) is 9.58. The van der Waals surface area contributed by atoms with Crippen LogP contribution in [0.15, 0.2) is 54.6 Å². The number of rotatable bonds is 6. The van der Waals surface area contributed by atoms with Crippen LogP contribution in [0.5, 0.6) is 0 Å². The van der Waals surface area contributed by atoms with Crippen molar-refractivity contribution in [2.24, 2.45) is 29.1 Å². The summed E-state index contributed by atoms with van der Waals surface area (Å²) in [7, 11) is 0. The van der Waals surface area contributed by atoms with E-state index in [9.17, 15) is 4.79 Å². The van der Waals surface area contributed by atoms with Gasteiger partial charge < -0.3 is 5.32 Å². The lowest BCUT2D eigenvalue weighted by Crippen LogP contribution is -2.47. The molecule has 4 nitrogen and oxygen atoms in total. The van der Waals surface area contributed by atoms with E-state index in [0.29, 0.717) is 17.0 Å². The van der Waals surface area contributed by atoms with E-state index >= 15 is 0 Å². The first-order valence-electron chi connectivity index (χ1n) is 12.8. The molecule has 0 aliphatic heterocycles. The van der Waals surface area contributed by atoms with Gasteiger partial charge in [0.25, 0.3) is 5.91 Å². The van der Waals surface area contributed by atoms with Crippen LogP contribution in [0.4, 0.5) is 0 Å². The number of benzene rings is 2. The smallest absolute Gasteiger partial charge is 0.273 e. The van der Waals surface area contributed by atoms with E-state index in [1.807, 2.05) is 30.3 Å². The van der Waals surface area contributed by atoms with Crippen molar-refractivity contribution < 1.29 is 4.79 Å². The molecule has 1 aromatic heterocycles. The van der Waals surface area contributed by atoms with Gasteiger partial charge in [-0.25, -0.2) is 0 Å². The Morgan fingerprint density at radius 3 is 2.64 bits per heavy atom. The number of hydrogen-bond acceptors (Lipinski definition) is 2. The van der Waals surface area contributed by atoms with Gasteiger partial charge in [0.2, 0.25) is 0 Å². The predicted molar refractivity (Wildman–Crippen MR) is 132 cm³/mol. The van der Waals surface area contributed by atoms with Crippen molar-refractivity contribution in [3.63, 3.8) is 0 Å². The van der Waals surface area contributed by atoms with Gasteiger partial charge in [-0.3, -0.25) is 9.48 Å². The zero-order valence-electron chi connectivity index (χ0n) is 20.1. The summed E-state index contributed by atoms with van der Waals surface area (Å²) >= 11 is 0. The second kappa shape index (κ2) is 7.44. The van der Waals surface area contributed by atoms with Gasteiger partial charge in [0.05, 0.1) is 11.1 Å². The fourth-order valence-electron chi connectivity index (χ4n) is 7.82. The molecule has 0 spiro atoms. The summed E-state index contributed by atoms with van der Waals surface area (Å²) in [6.07, 6.45) is 6.96. The number of nitrogens with zero attached hydrogens (tertiary/aromatic N) is 2. The fraction of sp³-hybridized carbons (Fsp3) is 0.517. The normalized spacial score (nSPS) is 30.3. The molecule has 0 saturated heterocycles. The molecule has 3 saturated carbocycles. The summed E-state index contributed by atoms with van der Waals surface area (Å²) in [5.41, 5.74) is 2.86. The van der Waals surface area contributed by atoms with Crippen LogP contribution in [0, 0.1) is 29.1 Å². The average Bonchev–Trinajstić information content (AvgIpc) is 3.16. The van der Waals surface area contributed by atoms with Gasteiger partial charge in [-0.15, -0.1) is 0 Å². The predicted octanol–water partition coefficient (Wildman–Crippen LogP) is 6.16. The molecule has 1 amide bonds. The second-order valence-corrected chi connectivity index (χ2v) is 11.3. The Morgan fingerprint density at radius 1 is 1.12 bits per heavy atom. The van der Waals surface area contributed by atoms with Crippen LogP contribution in [0.3, 0.4) is 0 Å². The maximum atomic E-state index is 13.5. The number of hydrogen-bond donors (Lipinski definition) is 1. The van der Waals surface area contributed by atoms with E-state index in [1.54, 1.807) is 0 Å². The quantitative estimate of drug-likeness (QED) is 0.498. The van der Waals surface area contributed by atoms with Gasteiger partial charge in [-0.05, 0) is 86.7 Å². The highest BCUT2D eigenvalue weighted by molar-refractivity contribution is 6.05. The molecule has 4 heteroatoms. The molecule has 3 aliphatic carbocycles. The summed E-state index contributed by atoms with van der Waals surface area (Å²) in [6.45, 7) is 7.45. The third-order valence-electron chi connectivity index (χ3n) is 9.58. The Balaban J connectivity index is 1.30. The zero-order chi connectivity index (χ0) is 22.8. The topological polar surface area (TPSA) is 46.9 Å².